The van der Waals surface area contributed by atoms with Gasteiger partial charge in [-0.1, -0.05) is 22.0 Å². The van der Waals surface area contributed by atoms with Gasteiger partial charge in [0, 0.05) is 35.3 Å². The van der Waals surface area contributed by atoms with Gasteiger partial charge in [-0.25, -0.2) is 0 Å². The molecular formula is C15H24BrN3. The van der Waals surface area contributed by atoms with Gasteiger partial charge in [0.2, 0.25) is 0 Å². The number of hydrogen-bond acceptors (Lipinski definition) is 3. The highest BCUT2D eigenvalue weighted by Crippen LogP contribution is 2.30. The minimum atomic E-state index is 0.170. The van der Waals surface area contributed by atoms with Crippen molar-refractivity contribution in [2.45, 2.75) is 32.4 Å². The minimum Gasteiger partial charge on any atom is -0.364 e. The summed E-state index contributed by atoms with van der Waals surface area (Å²) in [4.78, 5) is 4.86. The first kappa shape index (κ1) is 14.8. The van der Waals surface area contributed by atoms with Crippen molar-refractivity contribution in [2.75, 3.05) is 31.6 Å². The Morgan fingerprint density at radius 3 is 2.68 bits per heavy atom. The van der Waals surface area contributed by atoms with E-state index in [0.717, 1.165) is 17.6 Å². The Labute approximate surface area is 124 Å². The third-order valence-corrected chi connectivity index (χ3v) is 5.13. The van der Waals surface area contributed by atoms with Crippen molar-refractivity contribution in [1.82, 2.24) is 4.90 Å². The lowest BCUT2D eigenvalue weighted by molar-refractivity contribution is 0.116. The van der Waals surface area contributed by atoms with Crippen molar-refractivity contribution in [2.24, 2.45) is 5.73 Å². The summed E-state index contributed by atoms with van der Waals surface area (Å²) in [5, 5.41) is 0. The van der Waals surface area contributed by atoms with Crippen molar-refractivity contribution in [3.63, 3.8) is 0 Å². The molecule has 3 nitrogen and oxygen atoms in total. The van der Waals surface area contributed by atoms with Crippen LogP contribution in [0.2, 0.25) is 0 Å². The Hall–Kier alpha value is -0.580. The Kier molecular flexibility index (Phi) is 4.23. The van der Waals surface area contributed by atoms with E-state index in [4.69, 9.17) is 5.73 Å². The Bertz CT molecular complexity index is 459. The summed E-state index contributed by atoms with van der Waals surface area (Å²) >= 11 is 3.63. The van der Waals surface area contributed by atoms with Gasteiger partial charge in [0.15, 0.2) is 0 Å². The second kappa shape index (κ2) is 5.43. The van der Waals surface area contributed by atoms with E-state index in [2.05, 4.69) is 71.7 Å². The molecule has 0 spiro atoms. The fourth-order valence-electron chi connectivity index (χ4n) is 2.59. The van der Waals surface area contributed by atoms with Gasteiger partial charge < -0.3 is 10.6 Å². The predicted octanol–water partition coefficient (Wildman–Crippen LogP) is 2.62. The zero-order chi connectivity index (χ0) is 14.2. The molecule has 0 amide bonds. The average molecular weight is 326 g/mol. The van der Waals surface area contributed by atoms with E-state index in [9.17, 15) is 0 Å². The van der Waals surface area contributed by atoms with Gasteiger partial charge in [-0.2, -0.15) is 0 Å². The Morgan fingerprint density at radius 1 is 1.42 bits per heavy atom. The van der Waals surface area contributed by atoms with E-state index in [1.54, 1.807) is 0 Å². The summed E-state index contributed by atoms with van der Waals surface area (Å²) in [5.74, 6) is 0. The van der Waals surface area contributed by atoms with Gasteiger partial charge in [0.05, 0.1) is 6.04 Å². The summed E-state index contributed by atoms with van der Waals surface area (Å²) < 4.78 is 1.16. The van der Waals surface area contributed by atoms with Crippen LogP contribution >= 0.6 is 15.9 Å². The molecule has 4 heteroatoms. The number of piperazine rings is 1. The lowest BCUT2D eigenvalue weighted by Crippen LogP contribution is -2.64. The first-order valence-electron chi connectivity index (χ1n) is 6.79. The highest BCUT2D eigenvalue weighted by molar-refractivity contribution is 9.10. The molecule has 2 rings (SSSR count). The van der Waals surface area contributed by atoms with Gasteiger partial charge in [0.1, 0.15) is 0 Å². The van der Waals surface area contributed by atoms with Gasteiger partial charge in [-0.3, -0.25) is 4.90 Å². The largest absolute Gasteiger partial charge is 0.364 e. The molecule has 2 N–H and O–H groups in total. The predicted molar refractivity (Wildman–Crippen MR) is 85.8 cm³/mol. The summed E-state index contributed by atoms with van der Waals surface area (Å²) in [6.07, 6.45) is 0. The van der Waals surface area contributed by atoms with E-state index < -0.39 is 0 Å². The minimum absolute atomic E-state index is 0.170. The van der Waals surface area contributed by atoms with Crippen LogP contribution in [0.25, 0.3) is 0 Å². The highest BCUT2D eigenvalue weighted by Gasteiger charge is 2.36. The molecule has 106 valence electrons. The summed E-state index contributed by atoms with van der Waals surface area (Å²) in [7, 11) is 2.19. The molecule has 0 aromatic heterocycles. The number of halogens is 1. The fraction of sp³-hybridized carbons (Fsp3) is 0.600. The van der Waals surface area contributed by atoms with Crippen LogP contribution in [-0.2, 0) is 0 Å². The molecule has 1 fully saturated rings. The number of nitrogens with two attached hydrogens (primary N) is 1. The van der Waals surface area contributed by atoms with Gasteiger partial charge in [-0.15, -0.1) is 0 Å². The third kappa shape index (κ3) is 2.96. The molecular weight excluding hydrogens is 302 g/mol. The molecule has 1 saturated heterocycles. The molecule has 1 aromatic rings. The summed E-state index contributed by atoms with van der Waals surface area (Å²) in [5.41, 5.74) is 8.66. The first-order chi connectivity index (χ1) is 8.85. The fourth-order valence-corrected chi connectivity index (χ4v) is 2.96. The maximum atomic E-state index is 5.97. The van der Waals surface area contributed by atoms with Crippen LogP contribution in [-0.4, -0.2) is 43.2 Å². The van der Waals surface area contributed by atoms with Crippen LogP contribution in [0.4, 0.5) is 5.69 Å². The van der Waals surface area contributed by atoms with Crippen LogP contribution in [0.3, 0.4) is 0 Å². The Balaban J connectivity index is 2.32. The number of nitrogens with zero attached hydrogens (tertiary/aromatic N) is 2. The molecule has 0 bridgehead atoms. The van der Waals surface area contributed by atoms with Gasteiger partial charge in [-0.05, 0) is 45.5 Å². The van der Waals surface area contributed by atoms with E-state index in [1.165, 1.54) is 11.3 Å². The number of aryl methyl sites for hydroxylation is 1. The molecule has 1 unspecified atom stereocenters. The molecule has 1 aliphatic rings. The molecule has 1 aliphatic heterocycles. The van der Waals surface area contributed by atoms with E-state index >= 15 is 0 Å². The molecule has 1 atom stereocenters. The normalized spacial score (nSPS) is 23.7. The second-order valence-corrected chi connectivity index (χ2v) is 7.00. The summed E-state index contributed by atoms with van der Waals surface area (Å²) in [6.45, 7) is 9.38. The van der Waals surface area contributed by atoms with Crippen LogP contribution < -0.4 is 10.6 Å². The zero-order valence-corrected chi connectivity index (χ0v) is 13.9. The second-order valence-electron chi connectivity index (χ2n) is 6.14. The van der Waals surface area contributed by atoms with Crippen molar-refractivity contribution < 1.29 is 0 Å². The quantitative estimate of drug-likeness (QED) is 0.907. The van der Waals surface area contributed by atoms with Crippen molar-refractivity contribution in [3.8, 4) is 0 Å². The van der Waals surface area contributed by atoms with Crippen molar-refractivity contribution in [3.05, 3.63) is 28.2 Å². The number of anilines is 1. The standard InChI is InChI=1S/C15H24BrN3/c1-11-5-6-12(7-14(11)16)19-10-15(2,3)18(4)9-13(19)8-17/h5-7,13H,8-10,17H2,1-4H3. The molecule has 0 aliphatic carbocycles. The molecule has 19 heavy (non-hydrogen) atoms. The molecule has 1 heterocycles. The number of likely N-dealkylation sites (N-methyl/N-ethyl adjacent to an activating group) is 1. The average Bonchev–Trinajstić information content (AvgIpc) is 2.35. The lowest BCUT2D eigenvalue weighted by Gasteiger charge is -2.50. The Morgan fingerprint density at radius 2 is 2.11 bits per heavy atom. The van der Waals surface area contributed by atoms with Crippen LogP contribution in [0.15, 0.2) is 22.7 Å². The number of rotatable bonds is 2. The maximum Gasteiger partial charge on any atom is 0.0540 e. The zero-order valence-electron chi connectivity index (χ0n) is 12.3. The van der Waals surface area contributed by atoms with Gasteiger partial charge in [0.25, 0.3) is 0 Å². The van der Waals surface area contributed by atoms with Crippen LogP contribution in [0, 0.1) is 6.92 Å². The van der Waals surface area contributed by atoms with Gasteiger partial charge >= 0.3 is 0 Å². The smallest absolute Gasteiger partial charge is 0.0540 e. The third-order valence-electron chi connectivity index (χ3n) is 4.28. The number of hydrogen-bond donors (Lipinski definition) is 1. The summed E-state index contributed by atoms with van der Waals surface area (Å²) in [6, 6.07) is 6.95. The maximum absolute atomic E-state index is 5.97. The van der Waals surface area contributed by atoms with Crippen molar-refractivity contribution >= 4 is 21.6 Å². The topological polar surface area (TPSA) is 32.5 Å². The SMILES string of the molecule is Cc1ccc(N2CC(C)(C)N(C)CC2CN)cc1Br. The molecule has 0 saturated carbocycles. The lowest BCUT2D eigenvalue weighted by atomic mass is 9.95. The monoisotopic (exact) mass is 325 g/mol. The highest BCUT2D eigenvalue weighted by atomic mass is 79.9. The molecule has 1 aromatic carbocycles. The molecule has 0 radical (unpaired) electrons. The van der Waals surface area contributed by atoms with Crippen LogP contribution in [0.1, 0.15) is 19.4 Å². The van der Waals surface area contributed by atoms with E-state index in [-0.39, 0.29) is 5.54 Å². The van der Waals surface area contributed by atoms with E-state index in [1.807, 2.05) is 0 Å². The first-order valence-corrected chi connectivity index (χ1v) is 7.58. The number of benzene rings is 1. The van der Waals surface area contributed by atoms with E-state index in [0.29, 0.717) is 12.6 Å². The van der Waals surface area contributed by atoms with Crippen LogP contribution in [0.5, 0.6) is 0 Å². The van der Waals surface area contributed by atoms with Crippen molar-refractivity contribution in [1.29, 1.82) is 0 Å².